The van der Waals surface area contributed by atoms with Gasteiger partial charge in [-0.25, -0.2) is 0 Å². The lowest BCUT2D eigenvalue weighted by Crippen LogP contribution is -2.41. The number of rotatable bonds is 3. The molecular weight excluding hydrogens is 352 g/mol. The van der Waals surface area contributed by atoms with E-state index in [2.05, 4.69) is 4.98 Å². The first-order valence-electron chi connectivity index (χ1n) is 8.96. The second kappa shape index (κ2) is 7.64. The zero-order valence-corrected chi connectivity index (χ0v) is 15.2. The van der Waals surface area contributed by atoms with Crippen molar-refractivity contribution in [3.63, 3.8) is 0 Å². The molecule has 0 saturated carbocycles. The predicted octanol–water partition coefficient (Wildman–Crippen LogP) is 3.49. The van der Waals surface area contributed by atoms with Crippen molar-refractivity contribution in [2.45, 2.75) is 32.0 Å². The minimum atomic E-state index is 0.0378. The number of aromatic nitrogens is 1. The first-order chi connectivity index (χ1) is 12.7. The van der Waals surface area contributed by atoms with Gasteiger partial charge in [-0.05, 0) is 30.3 Å². The van der Waals surface area contributed by atoms with Gasteiger partial charge in [-0.3, -0.25) is 9.78 Å². The Hall–Kier alpha value is -2.11. The van der Waals surface area contributed by atoms with Crippen LogP contribution >= 0.6 is 11.6 Å². The highest BCUT2D eigenvalue weighted by atomic mass is 35.5. The van der Waals surface area contributed by atoms with Gasteiger partial charge in [-0.15, -0.1) is 0 Å². The van der Waals surface area contributed by atoms with Gasteiger partial charge in [0, 0.05) is 54.8 Å². The number of carbonyl (C=O) groups is 1. The topological polar surface area (TPSA) is 51.7 Å². The second-order valence-corrected chi connectivity index (χ2v) is 7.13. The average molecular weight is 373 g/mol. The van der Waals surface area contributed by atoms with Gasteiger partial charge in [-0.2, -0.15) is 0 Å². The number of likely N-dealkylation sites (tertiary alicyclic amines) is 1. The summed E-state index contributed by atoms with van der Waals surface area (Å²) in [5, 5.41) is 0.696. The summed E-state index contributed by atoms with van der Waals surface area (Å²) in [4.78, 5) is 19.1. The van der Waals surface area contributed by atoms with Crippen LogP contribution in [0.2, 0.25) is 5.02 Å². The predicted molar refractivity (Wildman–Crippen MR) is 98.6 cm³/mol. The number of halogens is 1. The number of amides is 1. The zero-order valence-electron chi connectivity index (χ0n) is 14.5. The van der Waals surface area contributed by atoms with Crippen LogP contribution in [0.4, 0.5) is 0 Å². The summed E-state index contributed by atoms with van der Waals surface area (Å²) in [6.45, 7) is 2.62. The summed E-state index contributed by atoms with van der Waals surface area (Å²) < 4.78 is 11.5. The summed E-state index contributed by atoms with van der Waals surface area (Å²) in [5.41, 5.74) is 2.72. The third kappa shape index (κ3) is 3.84. The average Bonchev–Trinajstić information content (AvgIpc) is 2.69. The fourth-order valence-electron chi connectivity index (χ4n) is 3.42. The van der Waals surface area contributed by atoms with Crippen molar-refractivity contribution in [1.29, 1.82) is 0 Å². The Balaban J connectivity index is 1.35. The highest BCUT2D eigenvalue weighted by molar-refractivity contribution is 6.30. The normalized spacial score (nSPS) is 17.7. The van der Waals surface area contributed by atoms with Gasteiger partial charge in [0.15, 0.2) is 0 Å². The molecule has 3 heterocycles. The summed E-state index contributed by atoms with van der Waals surface area (Å²) in [5.74, 6) is 0.855. The Kier molecular flexibility index (Phi) is 5.09. The van der Waals surface area contributed by atoms with Crippen molar-refractivity contribution >= 4 is 17.5 Å². The van der Waals surface area contributed by atoms with Gasteiger partial charge in [0.2, 0.25) is 0 Å². The molecule has 6 heteroatoms. The van der Waals surface area contributed by atoms with E-state index in [1.165, 1.54) is 0 Å². The fraction of sp³-hybridized carbons (Fsp3) is 0.400. The first-order valence-corrected chi connectivity index (χ1v) is 9.34. The summed E-state index contributed by atoms with van der Waals surface area (Å²) in [7, 11) is 0. The van der Waals surface area contributed by atoms with E-state index in [1.807, 2.05) is 35.2 Å². The van der Waals surface area contributed by atoms with Gasteiger partial charge in [0.25, 0.3) is 5.91 Å². The fourth-order valence-corrected chi connectivity index (χ4v) is 3.55. The van der Waals surface area contributed by atoms with Gasteiger partial charge >= 0.3 is 0 Å². The Bertz CT molecular complexity index is 786. The van der Waals surface area contributed by atoms with Gasteiger partial charge < -0.3 is 14.4 Å². The van der Waals surface area contributed by atoms with E-state index in [9.17, 15) is 4.79 Å². The van der Waals surface area contributed by atoms with Crippen molar-refractivity contribution in [1.82, 2.24) is 9.88 Å². The maximum atomic E-state index is 12.8. The Morgan fingerprint density at radius 1 is 1.23 bits per heavy atom. The van der Waals surface area contributed by atoms with E-state index < -0.39 is 0 Å². The van der Waals surface area contributed by atoms with E-state index >= 15 is 0 Å². The number of ether oxygens (including phenoxy) is 2. The SMILES string of the molecule is O=C(c1cnc2c(c1)COCC2)N1CCC(Oc2ccc(Cl)cc2)CC1. The van der Waals surface area contributed by atoms with E-state index in [0.717, 1.165) is 36.3 Å². The number of carbonyl (C=O) groups excluding carboxylic acids is 1. The molecule has 1 fully saturated rings. The smallest absolute Gasteiger partial charge is 0.255 e. The Morgan fingerprint density at radius 2 is 2.00 bits per heavy atom. The molecule has 26 heavy (non-hydrogen) atoms. The van der Waals surface area contributed by atoms with Crippen LogP contribution in [-0.2, 0) is 17.8 Å². The molecule has 0 N–H and O–H groups in total. The number of nitrogens with zero attached hydrogens (tertiary/aromatic N) is 2. The van der Waals surface area contributed by atoms with Gasteiger partial charge in [0.1, 0.15) is 11.9 Å². The third-order valence-electron chi connectivity index (χ3n) is 4.89. The number of benzene rings is 1. The third-order valence-corrected chi connectivity index (χ3v) is 5.15. The summed E-state index contributed by atoms with van der Waals surface area (Å²) >= 11 is 5.90. The quantitative estimate of drug-likeness (QED) is 0.827. The van der Waals surface area contributed by atoms with Crippen molar-refractivity contribution in [2.75, 3.05) is 19.7 Å². The van der Waals surface area contributed by atoms with Crippen LogP contribution in [0.5, 0.6) is 5.75 Å². The molecule has 0 aliphatic carbocycles. The molecule has 0 unspecified atom stereocenters. The second-order valence-electron chi connectivity index (χ2n) is 6.70. The van der Waals surface area contributed by atoms with Crippen LogP contribution in [-0.4, -0.2) is 41.6 Å². The minimum absolute atomic E-state index is 0.0378. The number of fused-ring (bicyclic) bond motifs is 1. The summed E-state index contributed by atoms with van der Waals surface area (Å²) in [6.07, 6.45) is 4.27. The molecule has 2 aliphatic heterocycles. The van der Waals surface area contributed by atoms with Crippen molar-refractivity contribution in [2.24, 2.45) is 0 Å². The van der Waals surface area contributed by atoms with Gasteiger partial charge in [-0.1, -0.05) is 11.6 Å². The molecule has 1 aromatic heterocycles. The lowest BCUT2D eigenvalue weighted by Gasteiger charge is -2.32. The van der Waals surface area contributed by atoms with Crippen molar-refractivity contribution in [3.05, 3.63) is 58.4 Å². The van der Waals surface area contributed by atoms with Crippen LogP contribution in [0.1, 0.15) is 34.5 Å². The maximum Gasteiger partial charge on any atom is 0.255 e. The van der Waals surface area contributed by atoms with Crippen LogP contribution < -0.4 is 4.74 Å². The number of hydrogen-bond acceptors (Lipinski definition) is 4. The van der Waals surface area contributed by atoms with Crippen LogP contribution in [0, 0.1) is 0 Å². The van der Waals surface area contributed by atoms with E-state index in [1.54, 1.807) is 6.20 Å². The zero-order chi connectivity index (χ0) is 17.9. The van der Waals surface area contributed by atoms with E-state index in [-0.39, 0.29) is 12.0 Å². The van der Waals surface area contributed by atoms with Gasteiger partial charge in [0.05, 0.1) is 18.8 Å². The van der Waals surface area contributed by atoms with Crippen LogP contribution in [0.15, 0.2) is 36.5 Å². The molecule has 2 aromatic rings. The molecule has 0 bridgehead atoms. The number of pyridine rings is 1. The molecular formula is C20H21ClN2O3. The Morgan fingerprint density at radius 3 is 2.77 bits per heavy atom. The maximum absolute atomic E-state index is 12.8. The summed E-state index contributed by atoms with van der Waals surface area (Å²) in [6, 6.07) is 9.33. The number of piperidine rings is 1. The number of hydrogen-bond donors (Lipinski definition) is 0. The first kappa shape index (κ1) is 17.3. The van der Waals surface area contributed by atoms with Crippen molar-refractivity contribution < 1.29 is 14.3 Å². The Labute approximate surface area is 157 Å². The molecule has 0 radical (unpaired) electrons. The molecule has 136 valence electrons. The lowest BCUT2D eigenvalue weighted by molar-refractivity contribution is 0.0594. The monoisotopic (exact) mass is 372 g/mol. The standard InChI is InChI=1S/C20H21ClN2O3/c21-16-1-3-17(4-2-16)26-18-5-8-23(9-6-18)20(24)14-11-15-13-25-10-7-19(15)22-12-14/h1-4,11-12,18H,5-10,13H2. The molecule has 1 aromatic carbocycles. The molecule has 4 rings (SSSR count). The van der Waals surface area contributed by atoms with E-state index in [4.69, 9.17) is 21.1 Å². The molecule has 1 saturated heterocycles. The van der Waals surface area contributed by atoms with E-state index in [0.29, 0.717) is 36.9 Å². The molecule has 5 nitrogen and oxygen atoms in total. The largest absolute Gasteiger partial charge is 0.490 e. The molecule has 2 aliphatic rings. The lowest BCUT2D eigenvalue weighted by atomic mass is 10.0. The van der Waals surface area contributed by atoms with Crippen LogP contribution in [0.3, 0.4) is 0 Å². The highest BCUT2D eigenvalue weighted by Crippen LogP contribution is 2.23. The van der Waals surface area contributed by atoms with Crippen molar-refractivity contribution in [3.8, 4) is 5.75 Å². The molecule has 1 amide bonds. The highest BCUT2D eigenvalue weighted by Gasteiger charge is 2.25. The minimum Gasteiger partial charge on any atom is -0.490 e. The molecule has 0 atom stereocenters. The van der Waals surface area contributed by atoms with Crippen LogP contribution in [0.25, 0.3) is 0 Å². The molecule has 0 spiro atoms.